The molecule has 1 N–H and O–H groups in total. The average Bonchev–Trinajstić information content (AvgIpc) is 2.71. The Kier molecular flexibility index (Phi) is 2.11. The normalized spacial score (nSPS) is 22.6. The van der Waals surface area contributed by atoms with E-state index in [2.05, 4.69) is 66.5 Å². The highest BCUT2D eigenvalue weighted by atomic mass is 28.3. The van der Waals surface area contributed by atoms with Gasteiger partial charge in [-0.05, 0) is 11.3 Å². The van der Waals surface area contributed by atoms with Gasteiger partial charge in [-0.15, -0.1) is 0 Å². The van der Waals surface area contributed by atoms with Crippen LogP contribution in [0.2, 0.25) is 6.55 Å². The highest BCUT2D eigenvalue weighted by molar-refractivity contribution is 7.03. The summed E-state index contributed by atoms with van der Waals surface area (Å²) in [4.78, 5) is 0. The molecule has 16 heavy (non-hydrogen) atoms. The van der Waals surface area contributed by atoms with Crippen LogP contribution in [0.15, 0.2) is 54.6 Å². The van der Waals surface area contributed by atoms with E-state index in [0.29, 0.717) is 0 Å². The van der Waals surface area contributed by atoms with Gasteiger partial charge in [0.2, 0.25) is 0 Å². The van der Waals surface area contributed by atoms with E-state index in [0.717, 1.165) is 6.17 Å². The van der Waals surface area contributed by atoms with Crippen molar-refractivity contribution in [2.24, 2.45) is 0 Å². The molecule has 0 aliphatic carbocycles. The zero-order valence-corrected chi connectivity index (χ0v) is 10.4. The Labute approximate surface area is 97.1 Å². The number of benzene rings is 2. The van der Waals surface area contributed by atoms with Crippen LogP contribution in [-0.4, -0.2) is 14.2 Å². The van der Waals surface area contributed by atoms with E-state index < -0.39 is 8.07 Å². The van der Waals surface area contributed by atoms with Gasteiger partial charge in [0.1, 0.15) is 8.07 Å². The van der Waals surface area contributed by atoms with Crippen LogP contribution in [0.1, 0.15) is 0 Å². The van der Waals surface area contributed by atoms with Crippen LogP contribution in [0, 0.1) is 0 Å². The predicted molar refractivity (Wildman–Crippen MR) is 72.3 cm³/mol. The molecular weight excluding hydrogens is 210 g/mol. The second kappa shape index (κ2) is 3.49. The summed E-state index contributed by atoms with van der Waals surface area (Å²) in [5, 5.41) is 6.61. The molecular formula is C14H15NSi. The van der Waals surface area contributed by atoms with E-state index in [9.17, 15) is 0 Å². The second-order valence-electron chi connectivity index (χ2n) is 4.60. The van der Waals surface area contributed by atoms with Crippen molar-refractivity contribution in [1.82, 2.24) is 0 Å². The molecule has 2 aromatic carbocycles. The van der Waals surface area contributed by atoms with Crippen molar-refractivity contribution < 1.29 is 0 Å². The summed E-state index contributed by atoms with van der Waals surface area (Å²) in [6.07, 6.45) is 1.12. The Morgan fingerprint density at radius 1 is 0.938 bits per heavy atom. The van der Waals surface area contributed by atoms with Gasteiger partial charge in [-0.3, -0.25) is 0 Å². The van der Waals surface area contributed by atoms with E-state index in [1.54, 1.807) is 5.19 Å². The Balaban J connectivity index is 2.15. The SMILES string of the molecule is C[Si]1(c2ccccc2)CNc2ccccc21. The van der Waals surface area contributed by atoms with E-state index in [4.69, 9.17) is 0 Å². The van der Waals surface area contributed by atoms with E-state index in [1.165, 1.54) is 10.9 Å². The molecule has 0 spiro atoms. The first-order valence-corrected chi connectivity index (χ1v) is 8.40. The van der Waals surface area contributed by atoms with Gasteiger partial charge in [-0.25, -0.2) is 0 Å². The molecule has 0 saturated carbocycles. The smallest absolute Gasteiger partial charge is 0.136 e. The molecule has 0 bridgehead atoms. The summed E-state index contributed by atoms with van der Waals surface area (Å²) in [7, 11) is -1.49. The fraction of sp³-hybridized carbons (Fsp3) is 0.143. The highest BCUT2D eigenvalue weighted by Gasteiger charge is 2.37. The summed E-state index contributed by atoms with van der Waals surface area (Å²) in [5.74, 6) is 0. The van der Waals surface area contributed by atoms with Crippen LogP contribution < -0.4 is 15.7 Å². The molecule has 3 rings (SSSR count). The number of rotatable bonds is 1. The largest absolute Gasteiger partial charge is 0.387 e. The first-order chi connectivity index (χ1) is 7.81. The average molecular weight is 225 g/mol. The Morgan fingerprint density at radius 2 is 1.62 bits per heavy atom. The highest BCUT2D eigenvalue weighted by Crippen LogP contribution is 2.18. The van der Waals surface area contributed by atoms with Crippen molar-refractivity contribution in [1.29, 1.82) is 0 Å². The number of hydrogen-bond acceptors (Lipinski definition) is 1. The first-order valence-electron chi connectivity index (χ1n) is 5.70. The van der Waals surface area contributed by atoms with Gasteiger partial charge in [0.25, 0.3) is 0 Å². The molecule has 0 saturated heterocycles. The maximum Gasteiger partial charge on any atom is 0.136 e. The van der Waals surface area contributed by atoms with Gasteiger partial charge in [0.05, 0.1) is 0 Å². The minimum absolute atomic E-state index is 1.12. The lowest BCUT2D eigenvalue weighted by Crippen LogP contribution is -2.56. The van der Waals surface area contributed by atoms with E-state index in [-0.39, 0.29) is 0 Å². The first kappa shape index (κ1) is 9.67. The lowest BCUT2D eigenvalue weighted by atomic mass is 10.3. The maximum absolute atomic E-state index is 3.55. The molecule has 0 radical (unpaired) electrons. The quantitative estimate of drug-likeness (QED) is 0.730. The predicted octanol–water partition coefficient (Wildman–Crippen LogP) is 1.84. The number of nitrogens with one attached hydrogen (secondary N) is 1. The van der Waals surface area contributed by atoms with Gasteiger partial charge < -0.3 is 5.32 Å². The summed E-state index contributed by atoms with van der Waals surface area (Å²) in [6.45, 7) is 2.45. The molecule has 1 aliphatic rings. The third kappa shape index (κ3) is 1.30. The van der Waals surface area contributed by atoms with Gasteiger partial charge in [-0.1, -0.05) is 60.3 Å². The summed E-state index contributed by atoms with van der Waals surface area (Å²) < 4.78 is 0. The molecule has 1 nitrogen and oxygen atoms in total. The van der Waals surface area contributed by atoms with Crippen LogP contribution in [0.5, 0.6) is 0 Å². The molecule has 2 aromatic rings. The van der Waals surface area contributed by atoms with E-state index in [1.807, 2.05) is 0 Å². The molecule has 0 amide bonds. The summed E-state index contributed by atoms with van der Waals surface area (Å²) >= 11 is 0. The van der Waals surface area contributed by atoms with Crippen molar-refractivity contribution in [3.63, 3.8) is 0 Å². The third-order valence-corrected chi connectivity index (χ3v) is 7.68. The molecule has 0 fully saturated rings. The van der Waals surface area contributed by atoms with Gasteiger partial charge >= 0.3 is 0 Å². The molecule has 1 atom stereocenters. The standard InChI is InChI=1S/C14H15NSi/c1-16(12-7-3-2-4-8-12)11-15-13-9-5-6-10-14(13)16/h2-10,15H,11H2,1H3. The lowest BCUT2D eigenvalue weighted by molar-refractivity contribution is 1.46. The van der Waals surface area contributed by atoms with Crippen molar-refractivity contribution in [3.05, 3.63) is 54.6 Å². The Bertz CT molecular complexity index is 509. The lowest BCUT2D eigenvalue weighted by Gasteiger charge is -2.22. The van der Waals surface area contributed by atoms with Crippen molar-refractivity contribution in [2.75, 3.05) is 11.5 Å². The van der Waals surface area contributed by atoms with Gasteiger partial charge in [0, 0.05) is 11.9 Å². The van der Waals surface area contributed by atoms with Crippen molar-refractivity contribution in [3.8, 4) is 0 Å². The molecule has 1 aliphatic heterocycles. The van der Waals surface area contributed by atoms with Crippen LogP contribution >= 0.6 is 0 Å². The maximum atomic E-state index is 3.55. The molecule has 2 heteroatoms. The summed E-state index contributed by atoms with van der Waals surface area (Å²) in [6, 6.07) is 19.7. The zero-order chi connectivity index (χ0) is 11.0. The third-order valence-electron chi connectivity index (χ3n) is 3.56. The monoisotopic (exact) mass is 225 g/mol. The Hall–Kier alpha value is -1.54. The van der Waals surface area contributed by atoms with Crippen LogP contribution in [0.4, 0.5) is 5.69 Å². The number of fused-ring (bicyclic) bond motifs is 1. The second-order valence-corrected chi connectivity index (χ2v) is 8.73. The van der Waals surface area contributed by atoms with Crippen molar-refractivity contribution in [2.45, 2.75) is 6.55 Å². The molecule has 1 unspecified atom stereocenters. The number of para-hydroxylation sites is 1. The van der Waals surface area contributed by atoms with Crippen molar-refractivity contribution >= 4 is 24.1 Å². The van der Waals surface area contributed by atoms with Crippen LogP contribution in [0.25, 0.3) is 0 Å². The topological polar surface area (TPSA) is 12.0 Å². The fourth-order valence-electron chi connectivity index (χ4n) is 2.55. The minimum Gasteiger partial charge on any atom is -0.387 e. The van der Waals surface area contributed by atoms with Crippen LogP contribution in [-0.2, 0) is 0 Å². The van der Waals surface area contributed by atoms with Crippen LogP contribution in [0.3, 0.4) is 0 Å². The molecule has 80 valence electrons. The van der Waals surface area contributed by atoms with E-state index >= 15 is 0 Å². The molecule has 0 aromatic heterocycles. The van der Waals surface area contributed by atoms with Gasteiger partial charge in [-0.2, -0.15) is 0 Å². The van der Waals surface area contributed by atoms with Gasteiger partial charge in [0.15, 0.2) is 0 Å². The summed E-state index contributed by atoms with van der Waals surface area (Å²) in [5.41, 5.74) is 1.33. The minimum atomic E-state index is -1.49. The zero-order valence-electron chi connectivity index (χ0n) is 9.40. The Morgan fingerprint density at radius 3 is 2.44 bits per heavy atom. The number of anilines is 1. The fourth-order valence-corrected chi connectivity index (χ4v) is 5.96. The number of hydrogen-bond donors (Lipinski definition) is 1. The molecule has 1 heterocycles.